The Morgan fingerprint density at radius 3 is 2.71 bits per heavy atom. The molecule has 0 aromatic heterocycles. The second-order valence-corrected chi connectivity index (χ2v) is 4.46. The van der Waals surface area contributed by atoms with E-state index in [0.29, 0.717) is 5.54 Å². The Labute approximate surface area is 89.4 Å². The zero-order valence-corrected chi connectivity index (χ0v) is 9.75. The second kappa shape index (κ2) is 5.17. The van der Waals surface area contributed by atoms with Crippen LogP contribution in [0.5, 0.6) is 0 Å². The van der Waals surface area contributed by atoms with Crippen LogP contribution < -0.4 is 0 Å². The van der Waals surface area contributed by atoms with Gasteiger partial charge in [0.2, 0.25) is 0 Å². The van der Waals surface area contributed by atoms with E-state index in [1.807, 2.05) is 0 Å². The highest BCUT2D eigenvalue weighted by Crippen LogP contribution is 2.26. The molecule has 1 heterocycles. The lowest BCUT2D eigenvalue weighted by molar-refractivity contribution is -0.0382. The first-order chi connectivity index (χ1) is 6.62. The van der Waals surface area contributed by atoms with E-state index in [0.717, 1.165) is 19.7 Å². The van der Waals surface area contributed by atoms with Crippen molar-refractivity contribution >= 4 is 7.85 Å². The van der Waals surface area contributed by atoms with Gasteiger partial charge in [-0.15, -0.1) is 0 Å². The van der Waals surface area contributed by atoms with Crippen LogP contribution in [0.15, 0.2) is 0 Å². The predicted molar refractivity (Wildman–Crippen MR) is 60.7 cm³/mol. The summed E-state index contributed by atoms with van der Waals surface area (Å²) in [5, 5.41) is 0. The maximum absolute atomic E-state index is 5.81. The highest BCUT2D eigenvalue weighted by atomic mass is 16.5. The fourth-order valence-corrected chi connectivity index (χ4v) is 2.26. The van der Waals surface area contributed by atoms with E-state index in [2.05, 4.69) is 25.7 Å². The largest absolute Gasteiger partial charge is 0.385 e. The Morgan fingerprint density at radius 2 is 2.21 bits per heavy atom. The van der Waals surface area contributed by atoms with Crippen LogP contribution in [0.25, 0.3) is 0 Å². The molecule has 1 aliphatic rings. The topological polar surface area (TPSA) is 12.5 Å². The average Bonchev–Trinajstić information content (AvgIpc) is 2.18. The summed E-state index contributed by atoms with van der Waals surface area (Å²) >= 11 is 0. The van der Waals surface area contributed by atoms with E-state index >= 15 is 0 Å². The van der Waals surface area contributed by atoms with Gasteiger partial charge in [-0.25, -0.2) is 0 Å². The van der Waals surface area contributed by atoms with E-state index in [1.54, 1.807) is 0 Å². The highest BCUT2D eigenvalue weighted by molar-refractivity contribution is 6.11. The molecule has 0 aromatic rings. The summed E-state index contributed by atoms with van der Waals surface area (Å²) in [5.41, 5.74) is 0.316. The number of rotatable bonds is 4. The van der Waals surface area contributed by atoms with E-state index in [4.69, 9.17) is 12.6 Å². The summed E-state index contributed by atoms with van der Waals surface area (Å²) in [6, 6.07) is -0.0912. The van der Waals surface area contributed by atoms with Gasteiger partial charge in [0.05, 0.1) is 6.61 Å². The Hall–Kier alpha value is -0.0151. The van der Waals surface area contributed by atoms with E-state index in [-0.39, 0.29) is 6.00 Å². The van der Waals surface area contributed by atoms with Crippen LogP contribution >= 0.6 is 0 Å². The third-order valence-electron chi connectivity index (χ3n) is 3.41. The molecule has 0 aromatic carbocycles. The highest BCUT2D eigenvalue weighted by Gasteiger charge is 2.31. The van der Waals surface area contributed by atoms with Gasteiger partial charge in [0.1, 0.15) is 7.85 Å². The Balaban J connectivity index is 2.58. The van der Waals surface area contributed by atoms with Crippen LogP contribution in [0.4, 0.5) is 0 Å². The summed E-state index contributed by atoms with van der Waals surface area (Å²) < 4.78 is 5.36. The van der Waals surface area contributed by atoms with Crippen molar-refractivity contribution < 1.29 is 4.74 Å². The zero-order valence-electron chi connectivity index (χ0n) is 9.75. The fraction of sp³-hybridized carbons (Fsp3) is 1.00. The van der Waals surface area contributed by atoms with Crippen molar-refractivity contribution in [3.8, 4) is 0 Å². The van der Waals surface area contributed by atoms with Gasteiger partial charge < -0.3 is 4.74 Å². The van der Waals surface area contributed by atoms with Gasteiger partial charge in [-0.3, -0.25) is 4.90 Å². The van der Waals surface area contributed by atoms with Gasteiger partial charge in [0.25, 0.3) is 0 Å². The van der Waals surface area contributed by atoms with Gasteiger partial charge >= 0.3 is 0 Å². The van der Waals surface area contributed by atoms with Gasteiger partial charge in [-0.2, -0.15) is 0 Å². The molecule has 0 spiro atoms. The van der Waals surface area contributed by atoms with E-state index < -0.39 is 0 Å². The molecule has 80 valence electrons. The lowest BCUT2D eigenvalue weighted by atomic mass is 9.88. The van der Waals surface area contributed by atoms with Crippen molar-refractivity contribution in [2.24, 2.45) is 0 Å². The van der Waals surface area contributed by atoms with Crippen LogP contribution in [0.2, 0.25) is 0 Å². The first kappa shape index (κ1) is 12.1. The molecule has 0 bridgehead atoms. The minimum atomic E-state index is -0.0912. The number of morpholine rings is 1. The molecule has 3 heteroatoms. The third kappa shape index (κ3) is 2.74. The normalized spacial score (nSPS) is 28.6. The molecule has 0 aliphatic carbocycles. The van der Waals surface area contributed by atoms with Gasteiger partial charge in [0, 0.05) is 24.6 Å². The van der Waals surface area contributed by atoms with Gasteiger partial charge in [0.15, 0.2) is 0 Å². The lowest BCUT2D eigenvalue weighted by Crippen LogP contribution is -2.54. The summed E-state index contributed by atoms with van der Waals surface area (Å²) in [6.45, 7) is 9.53. The van der Waals surface area contributed by atoms with Crippen LogP contribution in [0, 0.1) is 0 Å². The molecule has 2 atom stereocenters. The Kier molecular flexibility index (Phi) is 4.46. The Bertz CT molecular complexity index is 177. The number of hydrogen-bond donors (Lipinski definition) is 0. The maximum Gasteiger partial charge on any atom is 0.110 e. The molecule has 0 amide bonds. The minimum absolute atomic E-state index is 0.0912. The quantitative estimate of drug-likeness (QED) is 0.634. The first-order valence-corrected chi connectivity index (χ1v) is 5.74. The predicted octanol–water partition coefficient (Wildman–Crippen LogP) is 1.78. The molecule has 2 unspecified atom stereocenters. The summed E-state index contributed by atoms with van der Waals surface area (Å²) in [6.07, 6.45) is 3.67. The molecule has 1 saturated heterocycles. The van der Waals surface area contributed by atoms with Crippen LogP contribution in [0.1, 0.15) is 40.0 Å². The summed E-state index contributed by atoms with van der Waals surface area (Å²) in [4.78, 5) is 2.49. The fourth-order valence-electron chi connectivity index (χ4n) is 2.26. The molecule has 1 aliphatic heterocycles. The van der Waals surface area contributed by atoms with Crippen LogP contribution in [0.3, 0.4) is 0 Å². The number of ether oxygens (including phenoxy) is 1. The van der Waals surface area contributed by atoms with Crippen molar-refractivity contribution in [1.29, 1.82) is 0 Å². The molecule has 0 saturated carbocycles. The van der Waals surface area contributed by atoms with Crippen molar-refractivity contribution in [3.05, 3.63) is 0 Å². The molecular formula is C11H22BNO. The smallest absolute Gasteiger partial charge is 0.110 e. The number of hydrogen-bond acceptors (Lipinski definition) is 2. The first-order valence-electron chi connectivity index (χ1n) is 5.74. The van der Waals surface area contributed by atoms with Crippen molar-refractivity contribution in [3.63, 3.8) is 0 Å². The molecule has 14 heavy (non-hydrogen) atoms. The molecule has 1 fully saturated rings. The maximum atomic E-state index is 5.81. The molecule has 1 rings (SSSR count). The van der Waals surface area contributed by atoms with Gasteiger partial charge in [-0.1, -0.05) is 20.3 Å². The molecule has 2 nitrogen and oxygen atoms in total. The van der Waals surface area contributed by atoms with Crippen molar-refractivity contribution in [2.75, 3.05) is 19.7 Å². The standard InChI is InChI=1S/C11H22BNO/c1-4-6-11(3,5-2)13-7-8-14-10(12)9-13/h10H,4-9H2,1-3H3. The number of nitrogens with zero attached hydrogens (tertiary/aromatic N) is 1. The molecule has 0 N–H and O–H groups in total. The average molecular weight is 195 g/mol. The van der Waals surface area contributed by atoms with E-state index in [9.17, 15) is 0 Å². The monoisotopic (exact) mass is 195 g/mol. The molecule has 2 radical (unpaired) electrons. The summed E-state index contributed by atoms with van der Waals surface area (Å²) in [5.74, 6) is 0. The SMILES string of the molecule is [B]C1CN(C(C)(CC)CCC)CCO1. The third-order valence-corrected chi connectivity index (χ3v) is 3.41. The molecular weight excluding hydrogens is 173 g/mol. The van der Waals surface area contributed by atoms with Gasteiger partial charge in [-0.05, 0) is 19.8 Å². The van der Waals surface area contributed by atoms with Crippen molar-refractivity contribution in [1.82, 2.24) is 4.90 Å². The summed E-state index contributed by atoms with van der Waals surface area (Å²) in [7, 11) is 5.81. The lowest BCUT2D eigenvalue weighted by Gasteiger charge is -2.45. The Morgan fingerprint density at radius 1 is 1.50 bits per heavy atom. The van der Waals surface area contributed by atoms with Crippen LogP contribution in [-0.2, 0) is 4.74 Å². The van der Waals surface area contributed by atoms with E-state index in [1.165, 1.54) is 19.3 Å². The van der Waals surface area contributed by atoms with Crippen LogP contribution in [-0.4, -0.2) is 44.0 Å². The zero-order chi connectivity index (χ0) is 10.6. The second-order valence-electron chi connectivity index (χ2n) is 4.46. The van der Waals surface area contributed by atoms with Crippen molar-refractivity contribution in [2.45, 2.75) is 51.6 Å². The minimum Gasteiger partial charge on any atom is -0.385 e.